The maximum atomic E-state index is 12.5. The van der Waals surface area contributed by atoms with Gasteiger partial charge >= 0.3 is 12.1 Å². The SMILES string of the molecule is O=CN1CC2CC1CN2c1ncc(-c2noc(C(F)(F)F)n2)s1. The van der Waals surface area contributed by atoms with Crippen molar-refractivity contribution < 1.29 is 22.5 Å². The Morgan fingerprint density at radius 3 is 2.78 bits per heavy atom. The van der Waals surface area contributed by atoms with Crippen molar-refractivity contribution in [1.29, 1.82) is 0 Å². The molecule has 2 aromatic rings. The molecule has 2 aromatic heterocycles. The summed E-state index contributed by atoms with van der Waals surface area (Å²) in [4.78, 5) is 22.8. The molecule has 2 fully saturated rings. The van der Waals surface area contributed by atoms with E-state index in [1.807, 2.05) is 0 Å². The Morgan fingerprint density at radius 1 is 1.35 bits per heavy atom. The number of rotatable bonds is 3. The van der Waals surface area contributed by atoms with Gasteiger partial charge < -0.3 is 14.3 Å². The van der Waals surface area contributed by atoms with Gasteiger partial charge in [-0.3, -0.25) is 4.79 Å². The van der Waals surface area contributed by atoms with Gasteiger partial charge in [-0.2, -0.15) is 18.2 Å². The number of carbonyl (C=O) groups excluding carboxylic acids is 1. The van der Waals surface area contributed by atoms with Crippen molar-refractivity contribution >= 4 is 22.9 Å². The van der Waals surface area contributed by atoms with Crippen molar-refractivity contribution in [3.63, 3.8) is 0 Å². The highest BCUT2D eigenvalue weighted by Gasteiger charge is 2.44. The molecular weight excluding hydrogens is 335 g/mol. The molecule has 1 amide bonds. The van der Waals surface area contributed by atoms with Crippen molar-refractivity contribution in [2.45, 2.75) is 24.7 Å². The number of fused-ring (bicyclic) bond motifs is 2. The van der Waals surface area contributed by atoms with E-state index >= 15 is 0 Å². The first-order valence-corrected chi connectivity index (χ1v) is 7.62. The zero-order valence-corrected chi connectivity index (χ0v) is 12.3. The van der Waals surface area contributed by atoms with Gasteiger partial charge in [-0.15, -0.1) is 0 Å². The number of alkyl halides is 3. The Labute approximate surface area is 131 Å². The summed E-state index contributed by atoms with van der Waals surface area (Å²) in [5, 5.41) is 4.05. The molecule has 0 aliphatic carbocycles. The second-order valence-electron chi connectivity index (χ2n) is 5.43. The van der Waals surface area contributed by atoms with E-state index in [1.54, 1.807) is 4.90 Å². The predicted octanol–water partition coefficient (Wildman–Crippen LogP) is 1.63. The van der Waals surface area contributed by atoms with Crippen LogP contribution in [0.25, 0.3) is 10.7 Å². The maximum Gasteiger partial charge on any atom is 0.471 e. The lowest BCUT2D eigenvalue weighted by molar-refractivity contribution is -0.159. The molecule has 2 unspecified atom stereocenters. The number of halogens is 3. The summed E-state index contributed by atoms with van der Waals surface area (Å²) in [5.41, 5.74) is 0. The van der Waals surface area contributed by atoms with Gasteiger partial charge in [0.1, 0.15) is 0 Å². The molecule has 11 heteroatoms. The molecule has 7 nitrogen and oxygen atoms in total. The molecule has 4 heterocycles. The summed E-state index contributed by atoms with van der Waals surface area (Å²) in [5.74, 6) is -1.50. The Balaban J connectivity index is 1.54. The molecule has 23 heavy (non-hydrogen) atoms. The lowest BCUT2D eigenvalue weighted by atomic mass is 10.2. The monoisotopic (exact) mass is 345 g/mol. The molecule has 2 bridgehead atoms. The third kappa shape index (κ3) is 2.35. The predicted molar refractivity (Wildman–Crippen MR) is 72.7 cm³/mol. The molecule has 2 aliphatic heterocycles. The summed E-state index contributed by atoms with van der Waals surface area (Å²) in [6.07, 6.45) is -1.49. The van der Waals surface area contributed by atoms with E-state index in [1.165, 1.54) is 17.5 Å². The van der Waals surface area contributed by atoms with E-state index < -0.39 is 12.1 Å². The zero-order chi connectivity index (χ0) is 16.2. The first kappa shape index (κ1) is 14.4. The van der Waals surface area contributed by atoms with Crippen LogP contribution in [0.2, 0.25) is 0 Å². The molecule has 2 saturated heterocycles. The lowest BCUT2D eigenvalue weighted by Gasteiger charge is -2.31. The first-order chi connectivity index (χ1) is 11.0. The zero-order valence-electron chi connectivity index (χ0n) is 11.5. The average Bonchev–Trinajstić information content (AvgIpc) is 3.24. The first-order valence-electron chi connectivity index (χ1n) is 6.80. The number of hydrogen-bond donors (Lipinski definition) is 0. The van der Waals surface area contributed by atoms with Crippen LogP contribution in [-0.4, -0.2) is 51.6 Å². The highest BCUT2D eigenvalue weighted by Crippen LogP contribution is 2.38. The highest BCUT2D eigenvalue weighted by atomic mass is 32.1. The van der Waals surface area contributed by atoms with Gasteiger partial charge in [0.15, 0.2) is 5.13 Å². The number of nitrogens with zero attached hydrogens (tertiary/aromatic N) is 5. The van der Waals surface area contributed by atoms with Gasteiger partial charge in [0.25, 0.3) is 0 Å². The Kier molecular flexibility index (Phi) is 3.08. The molecule has 0 saturated carbocycles. The molecule has 0 aromatic carbocycles. The number of carbonyl (C=O) groups is 1. The van der Waals surface area contributed by atoms with Gasteiger partial charge in [-0.25, -0.2) is 4.98 Å². The number of piperazine rings is 1. The molecular formula is C12H10F3N5O2S. The smallest absolute Gasteiger partial charge is 0.341 e. The van der Waals surface area contributed by atoms with Crippen LogP contribution in [0.4, 0.5) is 18.3 Å². The van der Waals surface area contributed by atoms with Gasteiger partial charge in [0, 0.05) is 13.1 Å². The quantitative estimate of drug-likeness (QED) is 0.787. The van der Waals surface area contributed by atoms with Gasteiger partial charge in [0.05, 0.1) is 23.2 Å². The minimum absolute atomic E-state index is 0.125. The van der Waals surface area contributed by atoms with E-state index in [-0.39, 0.29) is 17.9 Å². The summed E-state index contributed by atoms with van der Waals surface area (Å²) in [7, 11) is 0. The second kappa shape index (κ2) is 4.91. The van der Waals surface area contributed by atoms with E-state index in [0.29, 0.717) is 23.1 Å². The summed E-state index contributed by atoms with van der Waals surface area (Å²) in [6.45, 7) is 1.32. The van der Waals surface area contributed by atoms with Crippen LogP contribution in [-0.2, 0) is 11.0 Å². The normalized spacial score (nSPS) is 23.8. The number of anilines is 1. The largest absolute Gasteiger partial charge is 0.471 e. The molecule has 0 spiro atoms. The number of amides is 1. The minimum atomic E-state index is -4.66. The fourth-order valence-corrected chi connectivity index (χ4v) is 3.92. The molecule has 4 rings (SSSR count). The van der Waals surface area contributed by atoms with Gasteiger partial charge in [-0.05, 0) is 6.42 Å². The highest BCUT2D eigenvalue weighted by molar-refractivity contribution is 7.18. The van der Waals surface area contributed by atoms with E-state index in [9.17, 15) is 18.0 Å². The fraction of sp³-hybridized carbons (Fsp3) is 0.500. The Hall–Kier alpha value is -2.17. The topological polar surface area (TPSA) is 75.4 Å². The molecule has 2 aliphatic rings. The van der Waals surface area contributed by atoms with Crippen molar-refractivity contribution in [1.82, 2.24) is 20.0 Å². The third-order valence-corrected chi connectivity index (χ3v) is 5.08. The summed E-state index contributed by atoms with van der Waals surface area (Å²) >= 11 is 1.21. The third-order valence-electron chi connectivity index (χ3n) is 4.05. The molecule has 0 N–H and O–H groups in total. The number of likely N-dealkylation sites (tertiary alicyclic amines) is 1. The maximum absolute atomic E-state index is 12.5. The van der Waals surface area contributed by atoms with Crippen LogP contribution >= 0.6 is 11.3 Å². The molecule has 122 valence electrons. The Bertz CT molecular complexity index is 745. The minimum Gasteiger partial charge on any atom is -0.341 e. The number of thiazole rings is 1. The van der Waals surface area contributed by atoms with Gasteiger partial charge in [0.2, 0.25) is 12.2 Å². The van der Waals surface area contributed by atoms with Crippen molar-refractivity contribution in [2.24, 2.45) is 0 Å². The van der Waals surface area contributed by atoms with E-state index in [0.717, 1.165) is 12.8 Å². The van der Waals surface area contributed by atoms with E-state index in [2.05, 4.69) is 24.5 Å². The summed E-state index contributed by atoms with van der Waals surface area (Å²) < 4.78 is 41.7. The summed E-state index contributed by atoms with van der Waals surface area (Å²) in [6, 6.07) is 0.368. The van der Waals surface area contributed by atoms with Gasteiger partial charge in [-0.1, -0.05) is 16.5 Å². The standard InChI is InChI=1S/C12H10F3N5O2S/c13-12(14,15)10-17-9(18-22-10)8-2-16-11(23-8)20-4-6-1-7(20)3-19(6)5-21/h2,5-7H,1,3-4H2. The van der Waals surface area contributed by atoms with Crippen molar-refractivity contribution in [3.8, 4) is 10.7 Å². The average molecular weight is 345 g/mol. The van der Waals surface area contributed by atoms with Crippen molar-refractivity contribution in [2.75, 3.05) is 18.0 Å². The van der Waals surface area contributed by atoms with Crippen LogP contribution < -0.4 is 4.90 Å². The van der Waals surface area contributed by atoms with Crippen molar-refractivity contribution in [3.05, 3.63) is 12.1 Å². The van der Waals surface area contributed by atoms with Crippen LogP contribution in [0, 0.1) is 0 Å². The van der Waals surface area contributed by atoms with E-state index in [4.69, 9.17) is 0 Å². The van der Waals surface area contributed by atoms with Crippen LogP contribution in [0.1, 0.15) is 12.3 Å². The van der Waals surface area contributed by atoms with Crippen LogP contribution in [0.5, 0.6) is 0 Å². The molecule has 0 radical (unpaired) electrons. The molecule has 2 atom stereocenters. The second-order valence-corrected chi connectivity index (χ2v) is 6.43. The number of hydrogen-bond acceptors (Lipinski definition) is 7. The lowest BCUT2D eigenvalue weighted by Crippen LogP contribution is -2.45. The Morgan fingerprint density at radius 2 is 2.17 bits per heavy atom. The fourth-order valence-electron chi connectivity index (χ4n) is 3.00. The van der Waals surface area contributed by atoms with Crippen LogP contribution in [0.15, 0.2) is 10.7 Å². The van der Waals surface area contributed by atoms with Crippen LogP contribution in [0.3, 0.4) is 0 Å². The number of aromatic nitrogens is 3.